The van der Waals surface area contributed by atoms with Crippen molar-refractivity contribution in [3.8, 4) is 11.1 Å². The summed E-state index contributed by atoms with van der Waals surface area (Å²) >= 11 is 0. The SMILES string of the molecule is C[Si+](C)CCOC(=O)NCCCN(C(=O)CCC(=O)O)[C@@H](c1cc(-c2cc(F)ccc2F)cn1Cc1ccccc1)C(C)(C)C. The van der Waals surface area contributed by atoms with Gasteiger partial charge in [0.1, 0.15) is 24.3 Å². The Bertz CT molecular complexity index is 1440. The molecule has 0 saturated carbocycles. The van der Waals surface area contributed by atoms with Crippen molar-refractivity contribution in [3.63, 3.8) is 0 Å². The molecule has 3 rings (SSSR count). The summed E-state index contributed by atoms with van der Waals surface area (Å²) in [4.78, 5) is 39.0. The number of carboxylic acids is 1. The van der Waals surface area contributed by atoms with Gasteiger partial charge in [0, 0.05) is 49.1 Å². The van der Waals surface area contributed by atoms with Crippen LogP contribution in [0.2, 0.25) is 19.1 Å². The van der Waals surface area contributed by atoms with Crippen molar-refractivity contribution < 1.29 is 33.0 Å². The Balaban J connectivity index is 2.00. The molecule has 0 bridgehead atoms. The lowest BCUT2D eigenvalue weighted by Crippen LogP contribution is -2.43. The molecule has 1 atom stereocenters. The lowest BCUT2D eigenvalue weighted by Gasteiger charge is -2.41. The minimum atomic E-state index is -1.08. The van der Waals surface area contributed by atoms with E-state index in [4.69, 9.17) is 4.74 Å². The molecule has 8 nitrogen and oxygen atoms in total. The van der Waals surface area contributed by atoms with Crippen LogP contribution in [-0.2, 0) is 20.9 Å². The second-order valence-electron chi connectivity index (χ2n) is 12.5. The number of hydrogen-bond donors (Lipinski definition) is 2. The third-order valence-electron chi connectivity index (χ3n) is 7.33. The zero-order valence-electron chi connectivity index (χ0n) is 26.7. The molecule has 2 N–H and O–H groups in total. The normalized spacial score (nSPS) is 12.0. The van der Waals surface area contributed by atoms with E-state index in [1.54, 1.807) is 17.2 Å². The molecule has 0 aliphatic heterocycles. The molecule has 0 aliphatic carbocycles. The molecule has 11 heteroatoms. The van der Waals surface area contributed by atoms with Crippen molar-refractivity contribution in [2.45, 2.75) is 71.8 Å². The van der Waals surface area contributed by atoms with Crippen LogP contribution in [0.25, 0.3) is 11.1 Å². The summed E-state index contributed by atoms with van der Waals surface area (Å²) < 4.78 is 36.4. The van der Waals surface area contributed by atoms with Gasteiger partial charge in [0.15, 0.2) is 0 Å². The van der Waals surface area contributed by atoms with Gasteiger partial charge >= 0.3 is 20.9 Å². The summed E-state index contributed by atoms with van der Waals surface area (Å²) in [5, 5.41) is 12.1. The van der Waals surface area contributed by atoms with Crippen LogP contribution in [0.5, 0.6) is 0 Å². The van der Waals surface area contributed by atoms with Crippen molar-refractivity contribution >= 4 is 26.8 Å². The van der Waals surface area contributed by atoms with E-state index in [-0.39, 0.29) is 37.4 Å². The van der Waals surface area contributed by atoms with Gasteiger partial charge in [0.25, 0.3) is 0 Å². The van der Waals surface area contributed by atoms with E-state index in [1.807, 2.05) is 55.7 Å². The number of carbonyl (C=O) groups excluding carboxylic acids is 2. The van der Waals surface area contributed by atoms with Gasteiger partial charge in [0.05, 0.1) is 25.6 Å². The monoisotopic (exact) mass is 640 g/mol. The van der Waals surface area contributed by atoms with Crippen LogP contribution in [-0.4, -0.2) is 61.0 Å². The number of rotatable bonds is 15. The van der Waals surface area contributed by atoms with Crippen LogP contribution in [0.1, 0.15) is 57.3 Å². The van der Waals surface area contributed by atoms with Gasteiger partial charge in [-0.05, 0) is 41.7 Å². The first-order valence-corrected chi connectivity index (χ1v) is 17.9. The number of nitrogens with zero attached hydrogens (tertiary/aromatic N) is 2. The zero-order chi connectivity index (χ0) is 33.1. The number of nitrogens with one attached hydrogen (secondary N) is 1. The van der Waals surface area contributed by atoms with Crippen LogP contribution in [0.4, 0.5) is 13.6 Å². The third-order valence-corrected chi connectivity index (χ3v) is 8.53. The summed E-state index contributed by atoms with van der Waals surface area (Å²) in [5.74, 6) is -2.58. The predicted molar refractivity (Wildman–Crippen MR) is 172 cm³/mol. The molecule has 1 aromatic heterocycles. The molecule has 45 heavy (non-hydrogen) atoms. The maximum absolute atomic E-state index is 15.0. The van der Waals surface area contributed by atoms with Crippen LogP contribution in [0.15, 0.2) is 60.8 Å². The lowest BCUT2D eigenvalue weighted by atomic mass is 9.82. The first kappa shape index (κ1) is 35.5. The first-order valence-electron chi connectivity index (χ1n) is 15.2. The highest BCUT2D eigenvalue weighted by Crippen LogP contribution is 2.41. The Morgan fingerprint density at radius 3 is 2.40 bits per heavy atom. The van der Waals surface area contributed by atoms with Gasteiger partial charge in [-0.1, -0.05) is 51.1 Å². The van der Waals surface area contributed by atoms with Gasteiger partial charge < -0.3 is 24.6 Å². The Labute approximate surface area is 266 Å². The average molecular weight is 641 g/mol. The van der Waals surface area contributed by atoms with E-state index in [1.165, 1.54) is 0 Å². The van der Waals surface area contributed by atoms with Crippen molar-refractivity contribution in [3.05, 3.63) is 83.7 Å². The first-order chi connectivity index (χ1) is 21.3. The summed E-state index contributed by atoms with van der Waals surface area (Å²) in [5.41, 5.74) is 1.66. The van der Waals surface area contributed by atoms with E-state index >= 15 is 0 Å². The molecule has 0 fully saturated rings. The molecular weight excluding hydrogens is 596 g/mol. The maximum Gasteiger partial charge on any atom is 0.407 e. The number of aromatic nitrogens is 1. The fourth-order valence-electron chi connectivity index (χ4n) is 5.21. The molecular formula is C34H44F2N3O5Si+. The van der Waals surface area contributed by atoms with E-state index in [0.717, 1.165) is 29.8 Å². The van der Waals surface area contributed by atoms with E-state index in [9.17, 15) is 28.3 Å². The summed E-state index contributed by atoms with van der Waals surface area (Å²) in [6.07, 6.45) is 1.09. The lowest BCUT2D eigenvalue weighted by molar-refractivity contribution is -0.143. The van der Waals surface area contributed by atoms with Crippen LogP contribution < -0.4 is 5.32 Å². The highest BCUT2D eigenvalue weighted by molar-refractivity contribution is 6.55. The Morgan fingerprint density at radius 1 is 1.04 bits per heavy atom. The molecule has 1 heterocycles. The van der Waals surface area contributed by atoms with Gasteiger partial charge in [-0.3, -0.25) is 9.59 Å². The van der Waals surface area contributed by atoms with Crippen molar-refractivity contribution in [1.82, 2.24) is 14.8 Å². The third kappa shape index (κ3) is 10.8. The molecule has 2 aromatic carbocycles. The Kier molecular flexibility index (Phi) is 12.9. The summed E-state index contributed by atoms with van der Waals surface area (Å²) in [7, 11) is -0.512. The van der Waals surface area contributed by atoms with Gasteiger partial charge in [0.2, 0.25) is 5.91 Å². The smallest absolute Gasteiger partial charge is 0.407 e. The predicted octanol–water partition coefficient (Wildman–Crippen LogP) is 7.13. The highest BCUT2D eigenvalue weighted by atomic mass is 28.3. The zero-order valence-corrected chi connectivity index (χ0v) is 27.7. The van der Waals surface area contributed by atoms with Gasteiger partial charge in [-0.15, -0.1) is 0 Å². The van der Waals surface area contributed by atoms with Crippen molar-refractivity contribution in [1.29, 1.82) is 0 Å². The number of alkyl carbamates (subject to hydrolysis) is 1. The standard InChI is InChI=1S/C34H43F2N3O5Si/c1-34(2,3)32(39(30(40)14-15-31(41)42)17-9-16-37-33(43)44-18-19-45(4)5)29-20-25(27-21-26(35)12-13-28(27)36)23-38(29)22-24-10-7-6-8-11-24/h6-8,10-13,20-21,23,32H,9,14-19,22H2,1-5H3,(H-,37,41,42,43)/p+1/t32-/m0/s1. The fourth-order valence-corrected chi connectivity index (χ4v) is 5.72. The number of carboxylic acid groups (broad SMARTS) is 1. The van der Waals surface area contributed by atoms with E-state index < -0.39 is 44.0 Å². The number of aliphatic carboxylic acids is 1. The van der Waals surface area contributed by atoms with Crippen LogP contribution in [0.3, 0.4) is 0 Å². The number of hydrogen-bond acceptors (Lipinski definition) is 4. The van der Waals surface area contributed by atoms with Crippen molar-refractivity contribution in [2.24, 2.45) is 5.41 Å². The Hall–Kier alpha value is -3.99. The van der Waals surface area contributed by atoms with E-state index in [0.29, 0.717) is 30.8 Å². The molecule has 0 radical (unpaired) electrons. The highest BCUT2D eigenvalue weighted by Gasteiger charge is 2.37. The topological polar surface area (TPSA) is 101 Å². The second kappa shape index (κ2) is 16.4. The van der Waals surface area contributed by atoms with Gasteiger partial charge in [-0.25, -0.2) is 13.6 Å². The molecule has 0 spiro atoms. The number of carbonyl (C=O) groups is 3. The number of amides is 2. The molecule has 0 aliphatic rings. The fraction of sp³-hybridized carbons (Fsp3) is 0.441. The van der Waals surface area contributed by atoms with E-state index in [2.05, 4.69) is 18.4 Å². The molecule has 2 amide bonds. The minimum Gasteiger partial charge on any atom is -0.481 e. The summed E-state index contributed by atoms with van der Waals surface area (Å²) in [6, 6.07) is 15.0. The average Bonchev–Trinajstić information content (AvgIpc) is 3.36. The second-order valence-corrected chi connectivity index (χ2v) is 15.4. The number of halogens is 2. The largest absolute Gasteiger partial charge is 0.481 e. The van der Waals surface area contributed by atoms with Crippen molar-refractivity contribution in [2.75, 3.05) is 19.7 Å². The number of benzene rings is 2. The molecule has 0 saturated heterocycles. The number of ether oxygens (including phenoxy) is 1. The minimum absolute atomic E-state index is 0.0987. The van der Waals surface area contributed by atoms with Crippen LogP contribution in [0, 0.1) is 17.0 Å². The Morgan fingerprint density at radius 2 is 1.76 bits per heavy atom. The summed E-state index contributed by atoms with van der Waals surface area (Å²) in [6.45, 7) is 11.4. The molecule has 242 valence electrons. The van der Waals surface area contributed by atoms with Crippen LogP contribution >= 0.6 is 0 Å². The molecule has 0 unspecified atom stereocenters. The maximum atomic E-state index is 15.0. The van der Waals surface area contributed by atoms with Gasteiger partial charge in [-0.2, -0.15) is 0 Å². The molecule has 3 aromatic rings. The quantitative estimate of drug-likeness (QED) is 0.136.